The molecule has 108 valence electrons. The van der Waals surface area contributed by atoms with E-state index in [1.54, 1.807) is 0 Å². The molecule has 0 aliphatic carbocycles. The Labute approximate surface area is 117 Å². The highest BCUT2D eigenvalue weighted by Crippen LogP contribution is 2.23. The first-order valence-electron chi connectivity index (χ1n) is 7.75. The van der Waals surface area contributed by atoms with Crippen LogP contribution < -0.4 is 5.32 Å². The molecule has 1 atom stereocenters. The molecule has 0 radical (unpaired) electrons. The van der Waals surface area contributed by atoms with Crippen LogP contribution in [0.1, 0.15) is 50.4 Å². The van der Waals surface area contributed by atoms with Gasteiger partial charge in [-0.15, -0.1) is 0 Å². The van der Waals surface area contributed by atoms with Gasteiger partial charge in [0.2, 0.25) is 0 Å². The first-order chi connectivity index (χ1) is 9.33. The molecule has 3 nitrogen and oxygen atoms in total. The Kier molecular flexibility index (Phi) is 5.93. The molecule has 1 aromatic rings. The van der Waals surface area contributed by atoms with Gasteiger partial charge in [-0.1, -0.05) is 19.8 Å². The third-order valence-corrected chi connectivity index (χ3v) is 4.21. The lowest BCUT2D eigenvalue weighted by Gasteiger charge is -2.20. The predicted octanol–water partition coefficient (Wildman–Crippen LogP) is 3.40. The SMILES string of the molecule is CCCC1CCCN(Cc2ccoc2CNC)CC1. The quantitative estimate of drug-likeness (QED) is 0.853. The van der Waals surface area contributed by atoms with Crippen molar-refractivity contribution in [3.63, 3.8) is 0 Å². The molecule has 1 N–H and O–H groups in total. The minimum atomic E-state index is 0.828. The maximum Gasteiger partial charge on any atom is 0.122 e. The van der Waals surface area contributed by atoms with Crippen LogP contribution in [0.4, 0.5) is 0 Å². The molecule has 0 spiro atoms. The summed E-state index contributed by atoms with van der Waals surface area (Å²) in [4.78, 5) is 2.60. The van der Waals surface area contributed by atoms with E-state index in [-0.39, 0.29) is 0 Å². The second kappa shape index (κ2) is 7.71. The highest BCUT2D eigenvalue weighted by atomic mass is 16.3. The van der Waals surface area contributed by atoms with Gasteiger partial charge in [-0.05, 0) is 51.4 Å². The third-order valence-electron chi connectivity index (χ3n) is 4.21. The van der Waals surface area contributed by atoms with Crippen molar-refractivity contribution in [3.05, 3.63) is 23.7 Å². The van der Waals surface area contributed by atoms with Crippen LogP contribution in [0, 0.1) is 5.92 Å². The van der Waals surface area contributed by atoms with E-state index in [9.17, 15) is 0 Å². The average molecular weight is 264 g/mol. The maximum atomic E-state index is 5.55. The molecule has 1 aliphatic rings. The summed E-state index contributed by atoms with van der Waals surface area (Å²) in [5, 5.41) is 3.17. The normalized spacial score (nSPS) is 21.5. The van der Waals surface area contributed by atoms with Gasteiger partial charge in [0, 0.05) is 12.1 Å². The number of nitrogens with zero attached hydrogens (tertiary/aromatic N) is 1. The van der Waals surface area contributed by atoms with E-state index < -0.39 is 0 Å². The summed E-state index contributed by atoms with van der Waals surface area (Å²) < 4.78 is 5.55. The van der Waals surface area contributed by atoms with Gasteiger partial charge in [-0.25, -0.2) is 0 Å². The summed E-state index contributed by atoms with van der Waals surface area (Å²) in [5.74, 6) is 2.05. The van der Waals surface area contributed by atoms with Crippen LogP contribution in [-0.2, 0) is 13.1 Å². The van der Waals surface area contributed by atoms with Gasteiger partial charge in [-0.3, -0.25) is 4.90 Å². The monoisotopic (exact) mass is 264 g/mol. The third kappa shape index (κ3) is 4.36. The van der Waals surface area contributed by atoms with Crippen molar-refractivity contribution in [2.45, 2.75) is 52.1 Å². The van der Waals surface area contributed by atoms with E-state index in [0.717, 1.165) is 24.8 Å². The van der Waals surface area contributed by atoms with Gasteiger partial charge >= 0.3 is 0 Å². The average Bonchev–Trinajstić information content (AvgIpc) is 2.70. The van der Waals surface area contributed by atoms with Crippen LogP contribution in [-0.4, -0.2) is 25.0 Å². The van der Waals surface area contributed by atoms with Gasteiger partial charge in [0.15, 0.2) is 0 Å². The fraction of sp³-hybridized carbons (Fsp3) is 0.750. The van der Waals surface area contributed by atoms with Crippen LogP contribution in [0.2, 0.25) is 0 Å². The van der Waals surface area contributed by atoms with Gasteiger partial charge < -0.3 is 9.73 Å². The molecule has 0 aromatic carbocycles. The van der Waals surface area contributed by atoms with E-state index in [0.29, 0.717) is 0 Å². The van der Waals surface area contributed by atoms with E-state index >= 15 is 0 Å². The van der Waals surface area contributed by atoms with Crippen LogP contribution >= 0.6 is 0 Å². The molecule has 1 fully saturated rings. The molecule has 0 saturated carbocycles. The molecule has 1 aromatic heterocycles. The lowest BCUT2D eigenvalue weighted by atomic mass is 9.96. The van der Waals surface area contributed by atoms with Crippen LogP contribution in [0.15, 0.2) is 16.7 Å². The molecule has 19 heavy (non-hydrogen) atoms. The zero-order valence-corrected chi connectivity index (χ0v) is 12.5. The standard InChI is InChI=1S/C16H28N2O/c1-3-5-14-6-4-9-18(10-7-14)13-15-8-11-19-16(15)12-17-2/h8,11,14,17H,3-7,9-10,12-13H2,1-2H3. The molecule has 1 aliphatic heterocycles. The van der Waals surface area contributed by atoms with E-state index in [2.05, 4.69) is 23.2 Å². The van der Waals surface area contributed by atoms with Crippen molar-refractivity contribution in [2.24, 2.45) is 5.92 Å². The van der Waals surface area contributed by atoms with Crippen molar-refractivity contribution in [2.75, 3.05) is 20.1 Å². The van der Waals surface area contributed by atoms with Crippen molar-refractivity contribution in [3.8, 4) is 0 Å². The second-order valence-electron chi connectivity index (χ2n) is 5.76. The van der Waals surface area contributed by atoms with Gasteiger partial charge in [0.05, 0.1) is 12.8 Å². The maximum absolute atomic E-state index is 5.55. The van der Waals surface area contributed by atoms with Crippen molar-refractivity contribution in [1.82, 2.24) is 10.2 Å². The molecule has 0 amide bonds. The zero-order chi connectivity index (χ0) is 13.5. The number of hydrogen-bond acceptors (Lipinski definition) is 3. The van der Waals surface area contributed by atoms with Crippen LogP contribution in [0.5, 0.6) is 0 Å². The molecule has 2 rings (SSSR count). The van der Waals surface area contributed by atoms with Crippen molar-refractivity contribution < 1.29 is 4.42 Å². The Morgan fingerprint density at radius 3 is 3.05 bits per heavy atom. The summed E-state index contributed by atoms with van der Waals surface area (Å²) in [6.07, 6.45) is 8.69. The summed E-state index contributed by atoms with van der Waals surface area (Å²) in [6.45, 7) is 6.67. The molecule has 1 unspecified atom stereocenters. The Balaban J connectivity index is 1.86. The van der Waals surface area contributed by atoms with Gasteiger partial charge in [-0.2, -0.15) is 0 Å². The molecule has 0 bridgehead atoms. The number of furan rings is 1. The zero-order valence-electron chi connectivity index (χ0n) is 12.5. The first kappa shape index (κ1) is 14.6. The lowest BCUT2D eigenvalue weighted by molar-refractivity contribution is 0.268. The summed E-state index contributed by atoms with van der Waals surface area (Å²) >= 11 is 0. The number of hydrogen-bond donors (Lipinski definition) is 1. The fourth-order valence-corrected chi connectivity index (χ4v) is 3.14. The number of nitrogens with one attached hydrogen (secondary N) is 1. The summed E-state index contributed by atoms with van der Waals surface area (Å²) in [7, 11) is 1.97. The number of rotatable bonds is 6. The molecular weight excluding hydrogens is 236 g/mol. The predicted molar refractivity (Wildman–Crippen MR) is 79.0 cm³/mol. The van der Waals surface area contributed by atoms with Crippen molar-refractivity contribution in [1.29, 1.82) is 0 Å². The smallest absolute Gasteiger partial charge is 0.122 e. The van der Waals surface area contributed by atoms with E-state index in [1.165, 1.54) is 50.8 Å². The van der Waals surface area contributed by atoms with Crippen molar-refractivity contribution >= 4 is 0 Å². The first-order valence-corrected chi connectivity index (χ1v) is 7.75. The van der Waals surface area contributed by atoms with E-state index in [1.807, 2.05) is 13.3 Å². The van der Waals surface area contributed by atoms with Gasteiger partial charge in [0.1, 0.15) is 5.76 Å². The molecular formula is C16H28N2O. The Morgan fingerprint density at radius 2 is 2.26 bits per heavy atom. The molecule has 3 heteroatoms. The minimum absolute atomic E-state index is 0.828. The summed E-state index contributed by atoms with van der Waals surface area (Å²) in [6, 6.07) is 2.13. The topological polar surface area (TPSA) is 28.4 Å². The Morgan fingerprint density at radius 1 is 1.37 bits per heavy atom. The Bertz CT molecular complexity index is 361. The largest absolute Gasteiger partial charge is 0.468 e. The Hall–Kier alpha value is -0.800. The fourth-order valence-electron chi connectivity index (χ4n) is 3.14. The van der Waals surface area contributed by atoms with Crippen LogP contribution in [0.25, 0.3) is 0 Å². The van der Waals surface area contributed by atoms with Crippen LogP contribution in [0.3, 0.4) is 0 Å². The second-order valence-corrected chi connectivity index (χ2v) is 5.76. The summed E-state index contributed by atoms with van der Waals surface area (Å²) in [5.41, 5.74) is 1.35. The minimum Gasteiger partial charge on any atom is -0.468 e. The lowest BCUT2D eigenvalue weighted by Crippen LogP contribution is -2.25. The molecule has 2 heterocycles. The highest BCUT2D eigenvalue weighted by Gasteiger charge is 2.17. The van der Waals surface area contributed by atoms with E-state index in [4.69, 9.17) is 4.42 Å². The molecule has 1 saturated heterocycles. The highest BCUT2D eigenvalue weighted by molar-refractivity contribution is 5.16. The number of likely N-dealkylation sites (tertiary alicyclic amines) is 1. The van der Waals surface area contributed by atoms with Gasteiger partial charge in [0.25, 0.3) is 0 Å².